The molecule has 0 amide bonds. The Kier molecular flexibility index (Phi) is 2.84. The smallest absolute Gasteiger partial charge is 0.244 e. The van der Waals surface area contributed by atoms with E-state index in [1.165, 1.54) is 0 Å². The molecular weight excluding hydrogens is 214 g/mol. The number of nitrogens with two attached hydrogens (primary N) is 1. The molecule has 0 spiro atoms. The predicted molar refractivity (Wildman–Crippen MR) is 58.4 cm³/mol. The van der Waals surface area contributed by atoms with Crippen LogP contribution in [0.15, 0.2) is 30.3 Å². The first kappa shape index (κ1) is 9.95. The van der Waals surface area contributed by atoms with Crippen LogP contribution in [0.2, 0.25) is 5.28 Å². The zero-order valence-electron chi connectivity index (χ0n) is 7.89. The Bertz CT molecular complexity index is 439. The summed E-state index contributed by atoms with van der Waals surface area (Å²) in [6.45, 7) is 0.583. The third kappa shape index (κ3) is 2.26. The average Bonchev–Trinajstić information content (AvgIpc) is 2.60. The van der Waals surface area contributed by atoms with Gasteiger partial charge in [0.1, 0.15) is 0 Å². The molecule has 15 heavy (non-hydrogen) atoms. The van der Waals surface area contributed by atoms with Gasteiger partial charge in [-0.25, -0.2) is 10.5 Å². The van der Waals surface area contributed by atoms with Crippen LogP contribution in [0.3, 0.4) is 0 Å². The lowest BCUT2D eigenvalue weighted by molar-refractivity contribution is 0.691. The highest BCUT2D eigenvalue weighted by molar-refractivity contribution is 6.28. The molecular formula is C9H10ClN5. The van der Waals surface area contributed by atoms with Crippen molar-refractivity contribution in [2.24, 2.45) is 5.84 Å². The van der Waals surface area contributed by atoms with Crippen molar-refractivity contribution in [2.75, 3.05) is 5.43 Å². The second-order valence-electron chi connectivity index (χ2n) is 2.99. The van der Waals surface area contributed by atoms with Crippen molar-refractivity contribution in [2.45, 2.75) is 6.54 Å². The Morgan fingerprint density at radius 1 is 1.33 bits per heavy atom. The second kappa shape index (κ2) is 4.29. The highest BCUT2D eigenvalue weighted by Gasteiger charge is 2.06. The lowest BCUT2D eigenvalue weighted by Gasteiger charge is -2.04. The first-order valence-corrected chi connectivity index (χ1v) is 4.78. The quantitative estimate of drug-likeness (QED) is 0.607. The molecule has 0 bridgehead atoms. The molecule has 0 fully saturated rings. The van der Waals surface area contributed by atoms with Crippen LogP contribution in [0.25, 0.3) is 0 Å². The number of halogens is 1. The minimum absolute atomic E-state index is 0.180. The van der Waals surface area contributed by atoms with Gasteiger partial charge in [0, 0.05) is 0 Å². The summed E-state index contributed by atoms with van der Waals surface area (Å²) in [5, 5.41) is 4.18. The Labute approximate surface area is 91.8 Å². The van der Waals surface area contributed by atoms with Crippen LogP contribution in [-0.2, 0) is 6.54 Å². The molecule has 0 atom stereocenters. The standard InChI is InChI=1S/C9H10ClN5/c10-8-12-9(13-11)15(14-8)6-7-4-2-1-3-5-7/h1-5H,6,11H2,(H,12,13,14). The van der Waals surface area contributed by atoms with Crippen molar-refractivity contribution in [3.05, 3.63) is 41.2 Å². The van der Waals surface area contributed by atoms with Gasteiger partial charge >= 0.3 is 0 Å². The first-order chi connectivity index (χ1) is 7.29. The van der Waals surface area contributed by atoms with Gasteiger partial charge in [-0.3, -0.25) is 5.43 Å². The molecule has 0 unspecified atom stereocenters. The predicted octanol–water partition coefficient (Wildman–Crippen LogP) is 1.27. The minimum atomic E-state index is 0.180. The molecule has 0 radical (unpaired) electrons. The molecule has 2 rings (SSSR count). The minimum Gasteiger partial charge on any atom is -0.292 e. The van der Waals surface area contributed by atoms with Gasteiger partial charge in [0.05, 0.1) is 6.54 Å². The van der Waals surface area contributed by atoms with E-state index in [1.54, 1.807) is 4.68 Å². The van der Waals surface area contributed by atoms with Crippen LogP contribution in [0.5, 0.6) is 0 Å². The van der Waals surface area contributed by atoms with Crippen LogP contribution in [0.4, 0.5) is 5.95 Å². The summed E-state index contributed by atoms with van der Waals surface area (Å²) < 4.78 is 1.61. The van der Waals surface area contributed by atoms with E-state index in [9.17, 15) is 0 Å². The maximum atomic E-state index is 5.67. The normalized spacial score (nSPS) is 10.3. The summed E-state index contributed by atoms with van der Waals surface area (Å²) in [5.74, 6) is 5.73. The van der Waals surface area contributed by atoms with E-state index < -0.39 is 0 Å². The van der Waals surface area contributed by atoms with Gasteiger partial charge in [-0.1, -0.05) is 30.3 Å². The Morgan fingerprint density at radius 2 is 2.07 bits per heavy atom. The van der Waals surface area contributed by atoms with Gasteiger partial charge in [0.15, 0.2) is 0 Å². The van der Waals surface area contributed by atoms with E-state index in [4.69, 9.17) is 17.4 Å². The first-order valence-electron chi connectivity index (χ1n) is 4.40. The molecule has 3 N–H and O–H groups in total. The number of anilines is 1. The topological polar surface area (TPSA) is 68.8 Å². The molecule has 78 valence electrons. The average molecular weight is 224 g/mol. The number of nitrogen functional groups attached to an aromatic ring is 1. The largest absolute Gasteiger partial charge is 0.292 e. The Hall–Kier alpha value is -1.59. The molecule has 2 aromatic rings. The van der Waals surface area contributed by atoms with Gasteiger partial charge < -0.3 is 0 Å². The van der Waals surface area contributed by atoms with Gasteiger partial charge in [-0.15, -0.1) is 5.10 Å². The third-order valence-corrected chi connectivity index (χ3v) is 2.11. The highest BCUT2D eigenvalue weighted by atomic mass is 35.5. The summed E-state index contributed by atoms with van der Waals surface area (Å²) in [6.07, 6.45) is 0. The van der Waals surface area contributed by atoms with E-state index in [-0.39, 0.29) is 5.28 Å². The lowest BCUT2D eigenvalue weighted by atomic mass is 10.2. The van der Waals surface area contributed by atoms with E-state index in [0.717, 1.165) is 5.56 Å². The molecule has 0 saturated heterocycles. The highest BCUT2D eigenvalue weighted by Crippen LogP contribution is 2.10. The number of nitrogens with one attached hydrogen (secondary N) is 1. The maximum absolute atomic E-state index is 5.67. The van der Waals surface area contributed by atoms with E-state index in [0.29, 0.717) is 12.5 Å². The molecule has 5 nitrogen and oxygen atoms in total. The van der Waals surface area contributed by atoms with Crippen LogP contribution in [0, 0.1) is 0 Å². The van der Waals surface area contributed by atoms with Crippen LogP contribution < -0.4 is 11.3 Å². The molecule has 1 aromatic heterocycles. The molecule has 1 heterocycles. The van der Waals surface area contributed by atoms with Crippen LogP contribution >= 0.6 is 11.6 Å². The molecule has 0 saturated carbocycles. The van der Waals surface area contributed by atoms with Gasteiger partial charge in [0.25, 0.3) is 0 Å². The summed E-state index contributed by atoms with van der Waals surface area (Å²) in [7, 11) is 0. The molecule has 6 heteroatoms. The molecule has 0 aliphatic rings. The number of rotatable bonds is 3. The van der Waals surface area contributed by atoms with Crippen LogP contribution in [-0.4, -0.2) is 14.8 Å². The van der Waals surface area contributed by atoms with Crippen molar-refractivity contribution < 1.29 is 0 Å². The fraction of sp³-hybridized carbons (Fsp3) is 0.111. The van der Waals surface area contributed by atoms with Crippen molar-refractivity contribution in [1.29, 1.82) is 0 Å². The molecule has 1 aromatic carbocycles. The van der Waals surface area contributed by atoms with Crippen LogP contribution in [0.1, 0.15) is 5.56 Å². The SMILES string of the molecule is NNc1nc(Cl)nn1Cc1ccccc1. The summed E-state index contributed by atoms with van der Waals surface area (Å²) in [6, 6.07) is 9.87. The Morgan fingerprint density at radius 3 is 2.73 bits per heavy atom. The fourth-order valence-electron chi connectivity index (χ4n) is 1.29. The fourth-order valence-corrected chi connectivity index (χ4v) is 1.46. The van der Waals surface area contributed by atoms with Gasteiger partial charge in [-0.05, 0) is 17.2 Å². The third-order valence-electron chi connectivity index (χ3n) is 1.95. The summed E-state index contributed by atoms with van der Waals surface area (Å²) in [4.78, 5) is 3.91. The second-order valence-corrected chi connectivity index (χ2v) is 3.33. The van der Waals surface area contributed by atoms with Gasteiger partial charge in [0.2, 0.25) is 11.2 Å². The summed E-state index contributed by atoms with van der Waals surface area (Å²) in [5.41, 5.74) is 3.55. The molecule has 0 aliphatic carbocycles. The zero-order valence-corrected chi connectivity index (χ0v) is 8.65. The van der Waals surface area contributed by atoms with E-state index in [1.807, 2.05) is 30.3 Å². The maximum Gasteiger partial charge on any atom is 0.244 e. The van der Waals surface area contributed by atoms with Crippen molar-refractivity contribution >= 4 is 17.5 Å². The van der Waals surface area contributed by atoms with Crippen molar-refractivity contribution in [3.8, 4) is 0 Å². The number of nitrogens with zero attached hydrogens (tertiary/aromatic N) is 3. The number of benzene rings is 1. The lowest BCUT2D eigenvalue weighted by Crippen LogP contribution is -2.14. The number of hydrazine groups is 1. The van der Waals surface area contributed by atoms with Crippen molar-refractivity contribution in [1.82, 2.24) is 14.8 Å². The van der Waals surface area contributed by atoms with E-state index >= 15 is 0 Å². The number of hydrogen-bond donors (Lipinski definition) is 2. The van der Waals surface area contributed by atoms with E-state index in [2.05, 4.69) is 15.5 Å². The summed E-state index contributed by atoms with van der Waals surface area (Å²) >= 11 is 5.67. The Balaban J connectivity index is 2.24. The zero-order chi connectivity index (χ0) is 10.7. The monoisotopic (exact) mass is 223 g/mol. The van der Waals surface area contributed by atoms with Gasteiger partial charge in [-0.2, -0.15) is 4.98 Å². The molecule has 0 aliphatic heterocycles. The number of aromatic nitrogens is 3. The number of hydrogen-bond acceptors (Lipinski definition) is 4. The van der Waals surface area contributed by atoms with Crippen molar-refractivity contribution in [3.63, 3.8) is 0 Å².